The van der Waals surface area contributed by atoms with Crippen LogP contribution < -0.4 is 5.43 Å². The second kappa shape index (κ2) is 5.69. The average Bonchev–Trinajstić information content (AvgIpc) is 2.53. The average molecular weight is 292 g/mol. The zero-order valence-corrected chi connectivity index (χ0v) is 11.5. The third-order valence-electron chi connectivity index (χ3n) is 3.23. The van der Waals surface area contributed by atoms with E-state index in [0.29, 0.717) is 11.3 Å². The lowest BCUT2D eigenvalue weighted by molar-refractivity contribution is 0.0697. The zero-order chi connectivity index (χ0) is 15.5. The molecule has 3 rings (SSSR count). The molecule has 3 aromatic rings. The minimum Gasteiger partial charge on any atom is -0.478 e. The third-order valence-corrected chi connectivity index (χ3v) is 3.23. The molecule has 0 atom stereocenters. The van der Waals surface area contributed by atoms with Crippen molar-refractivity contribution in [1.29, 1.82) is 0 Å². The van der Waals surface area contributed by atoms with Crippen LogP contribution in [0.5, 0.6) is 0 Å². The van der Waals surface area contributed by atoms with E-state index in [1.807, 2.05) is 36.4 Å². The number of benzene rings is 2. The van der Waals surface area contributed by atoms with E-state index in [1.54, 1.807) is 6.08 Å². The molecule has 0 unspecified atom stereocenters. The molecule has 0 amide bonds. The fourth-order valence-electron chi connectivity index (χ4n) is 2.13. The first-order valence-corrected chi connectivity index (χ1v) is 6.68. The van der Waals surface area contributed by atoms with Crippen LogP contribution in [0.15, 0.2) is 63.8 Å². The van der Waals surface area contributed by atoms with E-state index in [0.717, 1.165) is 5.56 Å². The molecule has 1 aromatic heterocycles. The van der Waals surface area contributed by atoms with E-state index in [9.17, 15) is 9.59 Å². The minimum absolute atomic E-state index is 0.0624. The van der Waals surface area contributed by atoms with Gasteiger partial charge in [-0.15, -0.1) is 0 Å². The molecule has 1 N–H and O–H groups in total. The Morgan fingerprint density at radius 3 is 2.50 bits per heavy atom. The summed E-state index contributed by atoms with van der Waals surface area (Å²) >= 11 is 0. The molecule has 4 heteroatoms. The number of aromatic carboxylic acids is 1. The summed E-state index contributed by atoms with van der Waals surface area (Å²) in [4.78, 5) is 23.0. The first kappa shape index (κ1) is 13.8. The van der Waals surface area contributed by atoms with Crippen LogP contribution in [0.4, 0.5) is 0 Å². The van der Waals surface area contributed by atoms with Gasteiger partial charge in [0.25, 0.3) is 0 Å². The van der Waals surface area contributed by atoms with Gasteiger partial charge in [0.2, 0.25) is 0 Å². The van der Waals surface area contributed by atoms with Crippen molar-refractivity contribution in [3.8, 4) is 0 Å². The van der Waals surface area contributed by atoms with Crippen LogP contribution in [0.1, 0.15) is 21.7 Å². The second-order valence-corrected chi connectivity index (χ2v) is 4.77. The maximum atomic E-state index is 12.1. The number of carbonyl (C=O) groups is 1. The van der Waals surface area contributed by atoms with Crippen molar-refractivity contribution in [1.82, 2.24) is 0 Å². The molecule has 108 valence electrons. The van der Waals surface area contributed by atoms with Crippen LogP contribution in [0.3, 0.4) is 0 Å². The van der Waals surface area contributed by atoms with E-state index < -0.39 is 5.97 Å². The summed E-state index contributed by atoms with van der Waals surface area (Å²) in [5.74, 6) is -0.654. The van der Waals surface area contributed by atoms with E-state index in [4.69, 9.17) is 9.52 Å². The van der Waals surface area contributed by atoms with Crippen LogP contribution in [-0.2, 0) is 0 Å². The van der Waals surface area contributed by atoms with Gasteiger partial charge in [-0.25, -0.2) is 4.79 Å². The van der Waals surface area contributed by atoms with Crippen molar-refractivity contribution in [2.75, 3.05) is 0 Å². The molecule has 1 heterocycles. The lowest BCUT2D eigenvalue weighted by atomic mass is 10.1. The number of hydrogen-bond acceptors (Lipinski definition) is 3. The monoisotopic (exact) mass is 292 g/mol. The van der Waals surface area contributed by atoms with Crippen molar-refractivity contribution in [2.24, 2.45) is 0 Å². The van der Waals surface area contributed by atoms with Gasteiger partial charge < -0.3 is 9.52 Å². The molecular formula is C18H12O4. The van der Waals surface area contributed by atoms with Gasteiger partial charge >= 0.3 is 5.97 Å². The van der Waals surface area contributed by atoms with Gasteiger partial charge in [-0.2, -0.15) is 0 Å². The van der Waals surface area contributed by atoms with E-state index in [-0.39, 0.29) is 16.4 Å². The Morgan fingerprint density at radius 1 is 1.00 bits per heavy atom. The Labute approximate surface area is 125 Å². The van der Waals surface area contributed by atoms with Crippen molar-refractivity contribution in [3.05, 3.63) is 81.7 Å². The van der Waals surface area contributed by atoms with E-state index in [2.05, 4.69) is 0 Å². The summed E-state index contributed by atoms with van der Waals surface area (Å²) in [5.41, 5.74) is 1.15. The maximum Gasteiger partial charge on any atom is 0.335 e. The fourth-order valence-corrected chi connectivity index (χ4v) is 2.13. The largest absolute Gasteiger partial charge is 0.478 e. The molecule has 22 heavy (non-hydrogen) atoms. The Kier molecular flexibility index (Phi) is 3.58. The van der Waals surface area contributed by atoms with Gasteiger partial charge in [0.05, 0.1) is 10.9 Å². The van der Waals surface area contributed by atoms with Crippen LogP contribution in [0.2, 0.25) is 0 Å². The number of rotatable bonds is 3. The van der Waals surface area contributed by atoms with E-state index >= 15 is 0 Å². The quantitative estimate of drug-likeness (QED) is 0.800. The highest BCUT2D eigenvalue weighted by Gasteiger charge is 2.08. The number of carboxylic acid groups (broad SMARTS) is 1. The number of carboxylic acids is 1. The van der Waals surface area contributed by atoms with Gasteiger partial charge in [-0.3, -0.25) is 4.79 Å². The van der Waals surface area contributed by atoms with Crippen LogP contribution in [-0.4, -0.2) is 11.1 Å². The number of hydrogen-bond donors (Lipinski definition) is 1. The van der Waals surface area contributed by atoms with Gasteiger partial charge in [-0.05, 0) is 29.8 Å². The third kappa shape index (κ3) is 2.81. The second-order valence-electron chi connectivity index (χ2n) is 4.77. The fraction of sp³-hybridized carbons (Fsp3) is 0. The first-order chi connectivity index (χ1) is 10.6. The minimum atomic E-state index is -1.07. The Morgan fingerprint density at radius 2 is 1.77 bits per heavy atom. The van der Waals surface area contributed by atoms with Gasteiger partial charge in [-0.1, -0.05) is 36.4 Å². The molecule has 0 saturated heterocycles. The topological polar surface area (TPSA) is 67.5 Å². The van der Waals surface area contributed by atoms with Crippen molar-refractivity contribution >= 4 is 29.1 Å². The van der Waals surface area contributed by atoms with Gasteiger partial charge in [0.15, 0.2) is 5.43 Å². The molecule has 0 spiro atoms. The molecule has 2 aromatic carbocycles. The predicted octanol–water partition coefficient (Wildman–Crippen LogP) is 3.66. The summed E-state index contributed by atoms with van der Waals surface area (Å²) in [6.07, 6.45) is 3.55. The zero-order valence-electron chi connectivity index (χ0n) is 11.5. The summed E-state index contributed by atoms with van der Waals surface area (Å²) in [7, 11) is 0. The highest BCUT2D eigenvalue weighted by Crippen LogP contribution is 2.16. The van der Waals surface area contributed by atoms with Crippen molar-refractivity contribution in [2.45, 2.75) is 0 Å². The highest BCUT2D eigenvalue weighted by molar-refractivity contribution is 5.92. The Hall–Kier alpha value is -3.14. The molecule has 4 nitrogen and oxygen atoms in total. The van der Waals surface area contributed by atoms with Gasteiger partial charge in [0.1, 0.15) is 11.3 Å². The van der Waals surface area contributed by atoms with Crippen LogP contribution in [0, 0.1) is 0 Å². The molecule has 0 aliphatic heterocycles. The van der Waals surface area contributed by atoms with E-state index in [1.165, 1.54) is 24.3 Å². The highest BCUT2D eigenvalue weighted by atomic mass is 16.4. The standard InChI is InChI=1S/C18H12O4/c19-16-11-14(8-6-12-4-2-1-3-5-12)22-17-9-7-13(18(20)21)10-15(16)17/h1-11H,(H,20,21). The molecule has 0 aliphatic rings. The molecular weight excluding hydrogens is 280 g/mol. The first-order valence-electron chi connectivity index (χ1n) is 6.68. The summed E-state index contributed by atoms with van der Waals surface area (Å²) in [6, 6.07) is 15.2. The van der Waals surface area contributed by atoms with Crippen LogP contribution >= 0.6 is 0 Å². The SMILES string of the molecule is O=C(O)c1ccc2oc(C=Cc3ccccc3)cc(=O)c2c1. The molecule has 0 saturated carbocycles. The van der Waals surface area contributed by atoms with Crippen molar-refractivity contribution < 1.29 is 14.3 Å². The summed E-state index contributed by atoms with van der Waals surface area (Å²) in [5, 5.41) is 9.22. The smallest absolute Gasteiger partial charge is 0.335 e. The number of fused-ring (bicyclic) bond motifs is 1. The normalized spacial score (nSPS) is 11.1. The Balaban J connectivity index is 2.03. The predicted molar refractivity (Wildman–Crippen MR) is 84.8 cm³/mol. The lowest BCUT2D eigenvalue weighted by Gasteiger charge is -2.00. The van der Waals surface area contributed by atoms with Crippen LogP contribution in [0.25, 0.3) is 23.1 Å². The summed E-state index contributed by atoms with van der Waals surface area (Å²) in [6.45, 7) is 0. The Bertz CT molecular complexity index is 921. The molecule has 0 bridgehead atoms. The van der Waals surface area contributed by atoms with Crippen molar-refractivity contribution in [3.63, 3.8) is 0 Å². The lowest BCUT2D eigenvalue weighted by Crippen LogP contribution is -2.03. The van der Waals surface area contributed by atoms with Gasteiger partial charge in [0, 0.05) is 6.07 Å². The maximum absolute atomic E-state index is 12.1. The molecule has 0 aliphatic carbocycles. The molecule has 0 fully saturated rings. The summed E-state index contributed by atoms with van der Waals surface area (Å²) < 4.78 is 5.62. The molecule has 0 radical (unpaired) electrons.